The molecule has 0 bridgehead atoms. The van der Waals surface area contributed by atoms with Crippen LogP contribution in [0.4, 0.5) is 8.78 Å². The van der Waals surface area contributed by atoms with Crippen molar-refractivity contribution < 1.29 is 13.5 Å². The minimum Gasteiger partial charge on any atom is -0.377 e. The summed E-state index contributed by atoms with van der Waals surface area (Å²) >= 11 is 5.10. The second-order valence-corrected chi connectivity index (χ2v) is 4.67. The minimum atomic E-state index is -0.639. The normalized spacial score (nSPS) is 11.6. The van der Waals surface area contributed by atoms with Gasteiger partial charge in [-0.2, -0.15) is 0 Å². The van der Waals surface area contributed by atoms with Crippen LogP contribution in [0.2, 0.25) is 0 Å². The molecule has 1 aromatic heterocycles. The number of nitrogens with one attached hydrogen (secondary N) is 1. The second kappa shape index (κ2) is 5.16. The Morgan fingerprint density at radius 1 is 1.39 bits per heavy atom. The lowest BCUT2D eigenvalue weighted by Gasteiger charge is -2.08. The van der Waals surface area contributed by atoms with Gasteiger partial charge in [-0.3, -0.25) is 0 Å². The highest BCUT2D eigenvalue weighted by atomic mass is 32.1. The predicted octanol–water partition coefficient (Wildman–Crippen LogP) is 3.40. The van der Waals surface area contributed by atoms with Gasteiger partial charge in [-0.05, 0) is 32.1 Å². The van der Waals surface area contributed by atoms with E-state index in [9.17, 15) is 8.78 Å². The molecule has 0 spiro atoms. The predicted molar refractivity (Wildman–Crippen MR) is 68.1 cm³/mol. The minimum absolute atomic E-state index is 0.109. The Balaban J connectivity index is 2.38. The van der Waals surface area contributed by atoms with Crippen LogP contribution < -0.4 is 0 Å². The van der Waals surface area contributed by atoms with E-state index in [4.69, 9.17) is 17.0 Å². The molecule has 0 atom stereocenters. The standard InChI is InChI=1S/C12H14F2N2OS/c1-7(2)17-4-3-16-10-6-8(13)5-9(14)11(10)15-12(16)18/h5-7H,3-4H2,1-2H3,(H,15,18). The molecule has 0 radical (unpaired) electrons. The number of benzene rings is 1. The van der Waals surface area contributed by atoms with Crippen molar-refractivity contribution in [1.82, 2.24) is 9.55 Å². The highest BCUT2D eigenvalue weighted by molar-refractivity contribution is 7.71. The summed E-state index contributed by atoms with van der Waals surface area (Å²) in [5.74, 6) is -1.26. The summed E-state index contributed by atoms with van der Waals surface area (Å²) < 4.78 is 34.1. The molecular weight excluding hydrogens is 258 g/mol. The molecule has 2 aromatic rings. The Morgan fingerprint density at radius 2 is 2.11 bits per heavy atom. The number of imidazole rings is 1. The first kappa shape index (κ1) is 13.2. The summed E-state index contributed by atoms with van der Waals surface area (Å²) in [4.78, 5) is 2.74. The van der Waals surface area contributed by atoms with Crippen molar-refractivity contribution in [2.75, 3.05) is 6.61 Å². The first-order valence-electron chi connectivity index (χ1n) is 5.68. The van der Waals surface area contributed by atoms with Gasteiger partial charge in [-0.15, -0.1) is 0 Å². The molecule has 18 heavy (non-hydrogen) atoms. The number of aromatic amines is 1. The van der Waals surface area contributed by atoms with Crippen molar-refractivity contribution in [2.24, 2.45) is 0 Å². The van der Waals surface area contributed by atoms with Gasteiger partial charge in [0.05, 0.1) is 18.2 Å². The van der Waals surface area contributed by atoms with Crippen LogP contribution in [0.3, 0.4) is 0 Å². The number of aromatic nitrogens is 2. The van der Waals surface area contributed by atoms with Gasteiger partial charge in [0.1, 0.15) is 11.3 Å². The Hall–Kier alpha value is -1.27. The molecule has 0 aliphatic heterocycles. The molecule has 0 amide bonds. The van der Waals surface area contributed by atoms with Gasteiger partial charge in [-0.1, -0.05) is 0 Å². The first-order valence-corrected chi connectivity index (χ1v) is 6.09. The van der Waals surface area contributed by atoms with Crippen molar-refractivity contribution in [1.29, 1.82) is 0 Å². The fraction of sp³-hybridized carbons (Fsp3) is 0.417. The quantitative estimate of drug-likeness (QED) is 0.864. The molecule has 98 valence electrons. The zero-order chi connectivity index (χ0) is 13.3. The fourth-order valence-electron chi connectivity index (χ4n) is 1.78. The number of hydrogen-bond donors (Lipinski definition) is 1. The third-order valence-electron chi connectivity index (χ3n) is 2.57. The Kier molecular flexibility index (Phi) is 3.77. The van der Waals surface area contributed by atoms with Gasteiger partial charge in [0.15, 0.2) is 10.6 Å². The van der Waals surface area contributed by atoms with Crippen molar-refractivity contribution in [3.63, 3.8) is 0 Å². The summed E-state index contributed by atoms with van der Waals surface area (Å²) in [5, 5.41) is 0. The third kappa shape index (κ3) is 2.59. The first-order chi connectivity index (χ1) is 8.49. The smallest absolute Gasteiger partial charge is 0.178 e. The topological polar surface area (TPSA) is 29.9 Å². The van der Waals surface area contributed by atoms with E-state index in [1.54, 1.807) is 4.57 Å². The average molecular weight is 272 g/mol. The van der Waals surface area contributed by atoms with Crippen molar-refractivity contribution >= 4 is 23.3 Å². The number of hydrogen-bond acceptors (Lipinski definition) is 2. The van der Waals surface area contributed by atoms with Gasteiger partial charge in [0.25, 0.3) is 0 Å². The van der Waals surface area contributed by atoms with E-state index >= 15 is 0 Å². The molecule has 0 saturated heterocycles. The lowest BCUT2D eigenvalue weighted by Crippen LogP contribution is -2.10. The number of rotatable bonds is 4. The van der Waals surface area contributed by atoms with Gasteiger partial charge in [-0.25, -0.2) is 8.78 Å². The Morgan fingerprint density at radius 3 is 2.78 bits per heavy atom. The van der Waals surface area contributed by atoms with Gasteiger partial charge in [0, 0.05) is 12.6 Å². The van der Waals surface area contributed by atoms with Crippen molar-refractivity contribution in [2.45, 2.75) is 26.5 Å². The van der Waals surface area contributed by atoms with E-state index < -0.39 is 11.6 Å². The maximum Gasteiger partial charge on any atom is 0.178 e. The van der Waals surface area contributed by atoms with Crippen LogP contribution in [0.1, 0.15) is 13.8 Å². The zero-order valence-electron chi connectivity index (χ0n) is 10.2. The van der Waals surface area contributed by atoms with Gasteiger partial charge >= 0.3 is 0 Å². The highest BCUT2D eigenvalue weighted by Crippen LogP contribution is 2.19. The molecule has 0 fully saturated rings. The SMILES string of the molecule is CC(C)OCCn1c(=S)[nH]c2c(F)cc(F)cc21. The van der Waals surface area contributed by atoms with E-state index in [0.29, 0.717) is 23.4 Å². The van der Waals surface area contributed by atoms with Crippen LogP contribution in [-0.4, -0.2) is 22.3 Å². The number of H-pyrrole nitrogens is 1. The van der Waals surface area contributed by atoms with Crippen LogP contribution >= 0.6 is 12.2 Å². The number of ether oxygens (including phenoxy) is 1. The highest BCUT2D eigenvalue weighted by Gasteiger charge is 2.10. The third-order valence-corrected chi connectivity index (χ3v) is 2.89. The van der Waals surface area contributed by atoms with Gasteiger partial charge < -0.3 is 14.3 Å². The van der Waals surface area contributed by atoms with Crippen LogP contribution in [0.15, 0.2) is 12.1 Å². The van der Waals surface area contributed by atoms with E-state index in [2.05, 4.69) is 4.98 Å². The van der Waals surface area contributed by atoms with Crippen LogP contribution in [0.25, 0.3) is 11.0 Å². The molecule has 6 heteroatoms. The summed E-state index contributed by atoms with van der Waals surface area (Å²) in [7, 11) is 0. The lowest BCUT2D eigenvalue weighted by molar-refractivity contribution is 0.0731. The Labute approximate surface area is 108 Å². The number of fused-ring (bicyclic) bond motifs is 1. The summed E-state index contributed by atoms with van der Waals surface area (Å²) in [6.45, 7) is 4.75. The molecule has 1 heterocycles. The summed E-state index contributed by atoms with van der Waals surface area (Å²) in [6.07, 6.45) is 0.109. The molecule has 0 saturated carbocycles. The van der Waals surface area contributed by atoms with E-state index in [-0.39, 0.29) is 11.6 Å². The molecule has 0 aliphatic carbocycles. The second-order valence-electron chi connectivity index (χ2n) is 4.28. The number of halogens is 2. The van der Waals surface area contributed by atoms with Crippen LogP contribution in [-0.2, 0) is 11.3 Å². The molecule has 0 unspecified atom stereocenters. The van der Waals surface area contributed by atoms with E-state index in [1.165, 1.54) is 6.07 Å². The van der Waals surface area contributed by atoms with Gasteiger partial charge in [0.2, 0.25) is 0 Å². The monoisotopic (exact) mass is 272 g/mol. The largest absolute Gasteiger partial charge is 0.377 e. The average Bonchev–Trinajstić information content (AvgIpc) is 2.56. The fourth-order valence-corrected chi connectivity index (χ4v) is 2.07. The van der Waals surface area contributed by atoms with E-state index in [1.807, 2.05) is 13.8 Å². The van der Waals surface area contributed by atoms with Crippen LogP contribution in [0, 0.1) is 16.4 Å². The lowest BCUT2D eigenvalue weighted by atomic mass is 10.3. The number of nitrogens with zero attached hydrogens (tertiary/aromatic N) is 1. The summed E-state index contributed by atoms with van der Waals surface area (Å²) in [5.41, 5.74) is 0.649. The van der Waals surface area contributed by atoms with Crippen molar-refractivity contribution in [3.05, 3.63) is 28.5 Å². The maximum absolute atomic E-state index is 13.5. The molecule has 0 aliphatic rings. The Bertz CT molecular complexity index is 618. The maximum atomic E-state index is 13.5. The van der Waals surface area contributed by atoms with E-state index in [0.717, 1.165) is 6.07 Å². The van der Waals surface area contributed by atoms with Crippen molar-refractivity contribution in [3.8, 4) is 0 Å². The molecule has 2 rings (SSSR count). The zero-order valence-corrected chi connectivity index (χ0v) is 11.0. The molecule has 3 nitrogen and oxygen atoms in total. The molecular formula is C12H14F2N2OS. The molecule has 1 aromatic carbocycles. The summed E-state index contributed by atoms with van der Waals surface area (Å²) in [6, 6.07) is 2.10. The molecule has 1 N–H and O–H groups in total. The van der Waals surface area contributed by atoms with Crippen LogP contribution in [0.5, 0.6) is 0 Å².